The molecule has 4 rings (SSSR count). The van der Waals surface area contributed by atoms with Crippen molar-refractivity contribution in [2.24, 2.45) is 0 Å². The number of piperazine rings is 1. The van der Waals surface area contributed by atoms with Crippen molar-refractivity contribution in [2.45, 2.75) is 46.6 Å². The van der Waals surface area contributed by atoms with Crippen LogP contribution in [-0.2, 0) is 21.5 Å². The van der Waals surface area contributed by atoms with Gasteiger partial charge in [-0.15, -0.1) is 0 Å². The van der Waals surface area contributed by atoms with Gasteiger partial charge in [0.05, 0.1) is 0 Å². The van der Waals surface area contributed by atoms with Gasteiger partial charge in [-0.25, -0.2) is 0 Å². The van der Waals surface area contributed by atoms with E-state index in [2.05, 4.69) is 43.0 Å². The second kappa shape index (κ2) is 8.22. The lowest BCUT2D eigenvalue weighted by molar-refractivity contribution is -0.146. The van der Waals surface area contributed by atoms with Gasteiger partial charge >= 0.3 is 11.8 Å². The summed E-state index contributed by atoms with van der Waals surface area (Å²) < 4.78 is 5.37. The van der Waals surface area contributed by atoms with Crippen LogP contribution in [0.3, 0.4) is 0 Å². The predicted octanol–water partition coefficient (Wildman–Crippen LogP) is 4.03. The van der Waals surface area contributed by atoms with E-state index < -0.39 is 11.8 Å². The fraction of sp³-hybridized carbons (Fsp3) is 0.360. The molecule has 2 amide bonds. The summed E-state index contributed by atoms with van der Waals surface area (Å²) in [5.41, 5.74) is 4.98. The molecule has 1 fully saturated rings. The molecule has 0 aliphatic carbocycles. The topological polar surface area (TPSA) is 79.5 Å². The van der Waals surface area contributed by atoms with Crippen molar-refractivity contribution in [2.75, 3.05) is 18.0 Å². The third-order valence-corrected chi connectivity index (χ3v) is 5.63. The quantitative estimate of drug-likeness (QED) is 0.582. The highest BCUT2D eigenvalue weighted by atomic mass is 16.5. The first-order valence-corrected chi connectivity index (χ1v) is 10.7. The van der Waals surface area contributed by atoms with Crippen LogP contribution in [0.25, 0.3) is 11.4 Å². The summed E-state index contributed by atoms with van der Waals surface area (Å²) in [6, 6.07) is 13.9. The van der Waals surface area contributed by atoms with Crippen LogP contribution in [0.4, 0.5) is 5.69 Å². The van der Waals surface area contributed by atoms with E-state index in [1.807, 2.05) is 44.2 Å². The van der Waals surface area contributed by atoms with Crippen LogP contribution >= 0.6 is 0 Å². The number of nitrogens with zero attached hydrogens (tertiary/aromatic N) is 4. The van der Waals surface area contributed by atoms with Crippen molar-refractivity contribution in [1.29, 1.82) is 0 Å². The Morgan fingerprint density at radius 1 is 0.938 bits per heavy atom. The smallest absolute Gasteiger partial charge is 0.316 e. The lowest BCUT2D eigenvalue weighted by atomic mass is 9.87. The molecule has 1 saturated heterocycles. The van der Waals surface area contributed by atoms with Crippen molar-refractivity contribution in [1.82, 2.24) is 15.0 Å². The van der Waals surface area contributed by atoms with Crippen molar-refractivity contribution < 1.29 is 14.1 Å². The Hall–Kier alpha value is -3.48. The molecule has 7 heteroatoms. The van der Waals surface area contributed by atoms with E-state index in [0.29, 0.717) is 24.8 Å². The van der Waals surface area contributed by atoms with Crippen LogP contribution in [0.1, 0.15) is 43.4 Å². The maximum Gasteiger partial charge on any atom is 0.316 e. The first kappa shape index (κ1) is 21.7. The molecule has 0 radical (unpaired) electrons. The molecule has 166 valence electrons. The van der Waals surface area contributed by atoms with Gasteiger partial charge in [0.1, 0.15) is 6.54 Å². The number of benzene rings is 2. The molecule has 0 spiro atoms. The molecule has 0 atom stereocenters. The first-order valence-electron chi connectivity index (χ1n) is 10.7. The third kappa shape index (κ3) is 4.42. The van der Waals surface area contributed by atoms with Crippen molar-refractivity contribution in [3.8, 4) is 11.4 Å². The fourth-order valence-corrected chi connectivity index (χ4v) is 3.90. The molecule has 7 nitrogen and oxygen atoms in total. The Kier molecular flexibility index (Phi) is 5.59. The molecule has 2 aromatic carbocycles. The van der Waals surface area contributed by atoms with Crippen LogP contribution < -0.4 is 4.90 Å². The number of carbonyl (C=O) groups excluding carboxylic acids is 2. The molecule has 0 N–H and O–H groups in total. The van der Waals surface area contributed by atoms with E-state index in [0.717, 1.165) is 22.4 Å². The summed E-state index contributed by atoms with van der Waals surface area (Å²) >= 11 is 0. The Morgan fingerprint density at radius 3 is 2.22 bits per heavy atom. The number of aryl methyl sites for hydroxylation is 2. The standard InChI is InChI=1S/C25H28N4O3/c1-16-12-17(2)14-20(13-16)29-11-10-28(23(30)24(29)31)15-21-26-22(27-32-21)18-6-8-19(9-7-18)25(3,4)5/h6-9,12-14H,10-11,15H2,1-5H3. The van der Waals surface area contributed by atoms with Crippen LogP contribution in [0.2, 0.25) is 0 Å². The lowest BCUT2D eigenvalue weighted by Crippen LogP contribution is -2.54. The number of carbonyl (C=O) groups is 2. The van der Waals surface area contributed by atoms with Gasteiger partial charge in [-0.1, -0.05) is 56.3 Å². The second-order valence-corrected chi connectivity index (χ2v) is 9.37. The molecule has 0 bridgehead atoms. The molecule has 0 unspecified atom stereocenters. The summed E-state index contributed by atoms with van der Waals surface area (Å²) in [4.78, 5) is 32.9. The molecule has 1 aromatic heterocycles. The summed E-state index contributed by atoms with van der Waals surface area (Å²) in [5, 5.41) is 4.05. The monoisotopic (exact) mass is 432 g/mol. The van der Waals surface area contributed by atoms with E-state index in [9.17, 15) is 9.59 Å². The minimum Gasteiger partial charge on any atom is -0.337 e. The molecule has 1 aliphatic heterocycles. The van der Waals surface area contributed by atoms with Gasteiger partial charge in [0.2, 0.25) is 11.7 Å². The van der Waals surface area contributed by atoms with Gasteiger partial charge in [0.15, 0.2) is 0 Å². The number of hydrogen-bond acceptors (Lipinski definition) is 5. The van der Waals surface area contributed by atoms with Crippen molar-refractivity contribution in [3.63, 3.8) is 0 Å². The van der Waals surface area contributed by atoms with E-state index >= 15 is 0 Å². The minimum atomic E-state index is -0.565. The largest absolute Gasteiger partial charge is 0.337 e. The zero-order chi connectivity index (χ0) is 23.0. The number of aromatic nitrogens is 2. The number of hydrogen-bond donors (Lipinski definition) is 0. The van der Waals surface area contributed by atoms with E-state index in [-0.39, 0.29) is 12.0 Å². The normalized spacial score (nSPS) is 14.9. The Labute approximate surface area is 188 Å². The van der Waals surface area contributed by atoms with Crippen LogP contribution in [0, 0.1) is 13.8 Å². The molecular formula is C25H28N4O3. The van der Waals surface area contributed by atoms with Gasteiger partial charge < -0.3 is 14.3 Å². The third-order valence-electron chi connectivity index (χ3n) is 5.63. The van der Waals surface area contributed by atoms with E-state index in [4.69, 9.17) is 4.52 Å². The molecule has 1 aliphatic rings. The number of amides is 2. The zero-order valence-corrected chi connectivity index (χ0v) is 19.2. The molecule has 2 heterocycles. The SMILES string of the molecule is Cc1cc(C)cc(N2CCN(Cc3nc(-c4ccc(C(C)(C)C)cc4)no3)C(=O)C2=O)c1. The number of rotatable bonds is 4. The van der Waals surface area contributed by atoms with E-state index in [1.165, 1.54) is 15.4 Å². The minimum absolute atomic E-state index is 0.0626. The molecule has 3 aromatic rings. The van der Waals surface area contributed by atoms with Gasteiger partial charge in [0, 0.05) is 24.3 Å². The highest BCUT2D eigenvalue weighted by Crippen LogP contribution is 2.26. The van der Waals surface area contributed by atoms with Crippen molar-refractivity contribution in [3.05, 3.63) is 65.0 Å². The summed E-state index contributed by atoms with van der Waals surface area (Å²) in [6.07, 6.45) is 0. The lowest BCUT2D eigenvalue weighted by Gasteiger charge is -2.33. The average Bonchev–Trinajstić information content (AvgIpc) is 3.19. The molecule has 32 heavy (non-hydrogen) atoms. The van der Waals surface area contributed by atoms with Crippen LogP contribution in [0.5, 0.6) is 0 Å². The van der Waals surface area contributed by atoms with Gasteiger partial charge in [-0.05, 0) is 48.1 Å². The summed E-state index contributed by atoms with van der Waals surface area (Å²) in [5.74, 6) is -0.336. The Bertz CT molecular complexity index is 1140. The molecular weight excluding hydrogens is 404 g/mol. The van der Waals surface area contributed by atoms with Crippen molar-refractivity contribution >= 4 is 17.5 Å². The average molecular weight is 433 g/mol. The fourth-order valence-electron chi connectivity index (χ4n) is 3.90. The van der Waals surface area contributed by atoms with Gasteiger partial charge in [-0.3, -0.25) is 9.59 Å². The van der Waals surface area contributed by atoms with Gasteiger partial charge in [-0.2, -0.15) is 4.98 Å². The predicted molar refractivity (Wildman–Crippen MR) is 122 cm³/mol. The summed E-state index contributed by atoms with van der Waals surface area (Å²) in [7, 11) is 0. The highest BCUT2D eigenvalue weighted by Gasteiger charge is 2.34. The first-order chi connectivity index (χ1) is 15.1. The maximum absolute atomic E-state index is 12.8. The van der Waals surface area contributed by atoms with E-state index in [1.54, 1.807) is 0 Å². The summed E-state index contributed by atoms with van der Waals surface area (Å²) in [6.45, 7) is 11.4. The Balaban J connectivity index is 1.45. The molecule has 0 saturated carbocycles. The second-order valence-electron chi connectivity index (χ2n) is 9.37. The van der Waals surface area contributed by atoms with Crippen LogP contribution in [-0.4, -0.2) is 39.9 Å². The van der Waals surface area contributed by atoms with Gasteiger partial charge in [0.25, 0.3) is 0 Å². The highest BCUT2D eigenvalue weighted by molar-refractivity contribution is 6.40. The zero-order valence-electron chi connectivity index (χ0n) is 19.2. The number of anilines is 1. The maximum atomic E-state index is 12.8. The van der Waals surface area contributed by atoms with Crippen LogP contribution in [0.15, 0.2) is 47.0 Å². The Morgan fingerprint density at radius 2 is 1.59 bits per heavy atom.